The maximum Gasteiger partial charge on any atom is 0.262 e. The van der Waals surface area contributed by atoms with Gasteiger partial charge >= 0.3 is 0 Å². The van der Waals surface area contributed by atoms with Crippen molar-refractivity contribution < 1.29 is 4.79 Å². The Hall–Kier alpha value is -3.09. The Labute approximate surface area is 214 Å². The van der Waals surface area contributed by atoms with E-state index in [1.165, 1.54) is 11.8 Å². The highest BCUT2D eigenvalue weighted by Crippen LogP contribution is 2.24. The van der Waals surface area contributed by atoms with Gasteiger partial charge in [0.05, 0.1) is 10.9 Å². The highest BCUT2D eigenvalue weighted by Gasteiger charge is 2.14. The number of aromatic nitrogens is 2. The highest BCUT2D eigenvalue weighted by atomic mass is 35.5. The summed E-state index contributed by atoms with van der Waals surface area (Å²) < 4.78 is 1.77. The largest absolute Gasteiger partial charge is 0.348 e. The minimum absolute atomic E-state index is 0.0732. The zero-order chi connectivity index (χ0) is 24.6. The van der Waals surface area contributed by atoms with Crippen LogP contribution in [0.2, 0.25) is 5.02 Å². The first-order valence-electron chi connectivity index (χ1n) is 11.8. The molecule has 0 saturated carbocycles. The lowest BCUT2D eigenvalue weighted by atomic mass is 10.1. The van der Waals surface area contributed by atoms with Crippen LogP contribution in [0.1, 0.15) is 47.7 Å². The number of hydrogen-bond donors (Lipinski definition) is 1. The van der Waals surface area contributed by atoms with Gasteiger partial charge in [-0.05, 0) is 47.9 Å². The third-order valence-electron chi connectivity index (χ3n) is 5.72. The molecule has 4 rings (SSSR count). The van der Waals surface area contributed by atoms with Gasteiger partial charge in [-0.3, -0.25) is 14.2 Å². The molecule has 1 heterocycles. The third-order valence-corrected chi connectivity index (χ3v) is 7.00. The van der Waals surface area contributed by atoms with E-state index in [0.717, 1.165) is 30.4 Å². The summed E-state index contributed by atoms with van der Waals surface area (Å²) in [7, 11) is 0. The van der Waals surface area contributed by atoms with Gasteiger partial charge in [-0.25, -0.2) is 4.98 Å². The first-order valence-corrected chi connectivity index (χ1v) is 13.2. The number of benzene rings is 3. The first-order chi connectivity index (χ1) is 17.0. The van der Waals surface area contributed by atoms with Crippen LogP contribution in [0.25, 0.3) is 10.9 Å². The summed E-state index contributed by atoms with van der Waals surface area (Å²) in [6.07, 6.45) is 3.03. The molecular formula is C28H28ClN3O2S. The number of rotatable bonds is 10. The van der Waals surface area contributed by atoms with Crippen LogP contribution in [-0.2, 0) is 18.8 Å². The Morgan fingerprint density at radius 1 is 1.00 bits per heavy atom. The fraction of sp³-hybridized carbons (Fsp3) is 0.250. The number of unbranched alkanes of at least 4 members (excludes halogenated alkanes) is 2. The van der Waals surface area contributed by atoms with Crippen LogP contribution in [0.15, 0.2) is 82.7 Å². The van der Waals surface area contributed by atoms with Gasteiger partial charge in [-0.2, -0.15) is 0 Å². The molecule has 0 fully saturated rings. The Morgan fingerprint density at radius 3 is 2.57 bits per heavy atom. The van der Waals surface area contributed by atoms with E-state index in [1.807, 2.05) is 54.6 Å². The molecule has 1 aromatic heterocycles. The molecule has 35 heavy (non-hydrogen) atoms. The van der Waals surface area contributed by atoms with E-state index in [4.69, 9.17) is 16.6 Å². The van der Waals surface area contributed by atoms with Crippen molar-refractivity contribution in [1.82, 2.24) is 14.9 Å². The number of hydrogen-bond acceptors (Lipinski definition) is 4. The van der Waals surface area contributed by atoms with Crippen molar-refractivity contribution in [2.45, 2.75) is 50.2 Å². The van der Waals surface area contributed by atoms with Crippen LogP contribution in [-0.4, -0.2) is 15.5 Å². The molecule has 0 unspecified atom stereocenters. The van der Waals surface area contributed by atoms with Crippen molar-refractivity contribution >= 4 is 40.2 Å². The fourth-order valence-corrected chi connectivity index (χ4v) is 5.01. The molecule has 3 aromatic carbocycles. The van der Waals surface area contributed by atoms with Gasteiger partial charge < -0.3 is 5.32 Å². The summed E-state index contributed by atoms with van der Waals surface area (Å²) in [5, 5.41) is 4.80. The highest BCUT2D eigenvalue weighted by molar-refractivity contribution is 7.98. The van der Waals surface area contributed by atoms with Gasteiger partial charge in [-0.15, -0.1) is 0 Å². The van der Waals surface area contributed by atoms with Crippen molar-refractivity contribution in [1.29, 1.82) is 0 Å². The molecule has 0 radical (unpaired) electrons. The zero-order valence-electron chi connectivity index (χ0n) is 19.7. The predicted molar refractivity (Wildman–Crippen MR) is 144 cm³/mol. The van der Waals surface area contributed by atoms with Gasteiger partial charge in [0.25, 0.3) is 11.5 Å². The van der Waals surface area contributed by atoms with Crippen LogP contribution < -0.4 is 10.9 Å². The van der Waals surface area contributed by atoms with E-state index >= 15 is 0 Å². The Kier molecular flexibility index (Phi) is 8.61. The second-order valence-electron chi connectivity index (χ2n) is 8.38. The Bertz CT molecular complexity index is 1370. The van der Waals surface area contributed by atoms with Crippen LogP contribution in [0.3, 0.4) is 0 Å². The Balaban J connectivity index is 1.62. The molecule has 1 N–H and O–H groups in total. The molecule has 180 valence electrons. The van der Waals surface area contributed by atoms with Gasteiger partial charge in [-0.1, -0.05) is 85.6 Å². The summed E-state index contributed by atoms with van der Waals surface area (Å²) in [6, 6.07) is 22.6. The molecule has 0 aliphatic rings. The monoisotopic (exact) mass is 505 g/mol. The summed E-state index contributed by atoms with van der Waals surface area (Å²) in [5.41, 5.74) is 3.02. The van der Waals surface area contributed by atoms with Crippen molar-refractivity contribution in [3.8, 4) is 0 Å². The van der Waals surface area contributed by atoms with Crippen molar-refractivity contribution in [2.24, 2.45) is 0 Å². The molecule has 0 spiro atoms. The lowest BCUT2D eigenvalue weighted by molar-refractivity contribution is 0.0951. The van der Waals surface area contributed by atoms with E-state index in [1.54, 1.807) is 22.8 Å². The van der Waals surface area contributed by atoms with Crippen molar-refractivity contribution in [3.05, 3.63) is 105 Å². The molecule has 0 bridgehead atoms. The number of nitrogens with one attached hydrogen (secondary N) is 1. The number of halogens is 1. The van der Waals surface area contributed by atoms with Crippen molar-refractivity contribution in [3.63, 3.8) is 0 Å². The van der Waals surface area contributed by atoms with Crippen LogP contribution >= 0.6 is 23.4 Å². The Morgan fingerprint density at radius 2 is 1.80 bits per heavy atom. The lowest BCUT2D eigenvalue weighted by Crippen LogP contribution is -2.25. The molecule has 0 aliphatic heterocycles. The molecule has 7 heteroatoms. The molecule has 1 amide bonds. The molecule has 0 saturated heterocycles. The number of carbonyl (C=O) groups is 1. The minimum atomic E-state index is -0.196. The maximum atomic E-state index is 13.4. The third kappa shape index (κ3) is 6.53. The SMILES string of the molecule is CCCCCn1c(SCc2cccc(Cl)c2)nc2cc(C(=O)NCc3ccccc3)ccc2c1=O. The topological polar surface area (TPSA) is 64.0 Å². The minimum Gasteiger partial charge on any atom is -0.348 e. The number of fused-ring (bicyclic) bond motifs is 1. The summed E-state index contributed by atoms with van der Waals surface area (Å²) in [6.45, 7) is 3.19. The average molecular weight is 506 g/mol. The summed E-state index contributed by atoms with van der Waals surface area (Å²) in [4.78, 5) is 31.0. The van der Waals surface area contributed by atoms with E-state index in [9.17, 15) is 9.59 Å². The molecule has 0 aliphatic carbocycles. The fourth-order valence-electron chi connectivity index (χ4n) is 3.82. The van der Waals surface area contributed by atoms with Gasteiger partial charge in [0, 0.05) is 29.4 Å². The lowest BCUT2D eigenvalue weighted by Gasteiger charge is -2.14. The summed E-state index contributed by atoms with van der Waals surface area (Å²) in [5.74, 6) is 0.446. The van der Waals surface area contributed by atoms with Gasteiger partial charge in [0.1, 0.15) is 0 Å². The first kappa shape index (κ1) is 25.0. The maximum absolute atomic E-state index is 13.4. The van der Waals surface area contributed by atoms with Gasteiger partial charge in [0.2, 0.25) is 0 Å². The van der Waals surface area contributed by atoms with Crippen LogP contribution in [0.5, 0.6) is 0 Å². The normalized spacial score (nSPS) is 11.0. The molecule has 5 nitrogen and oxygen atoms in total. The number of carbonyl (C=O) groups excluding carboxylic acids is 1. The quantitative estimate of drug-likeness (QED) is 0.152. The number of amides is 1. The van der Waals surface area contributed by atoms with E-state index < -0.39 is 0 Å². The number of nitrogens with zero attached hydrogens (tertiary/aromatic N) is 2. The second-order valence-corrected chi connectivity index (χ2v) is 9.76. The van der Waals surface area contributed by atoms with Gasteiger partial charge in [0.15, 0.2) is 5.16 Å². The van der Waals surface area contributed by atoms with Crippen LogP contribution in [0, 0.1) is 0 Å². The molecular weight excluding hydrogens is 478 g/mol. The zero-order valence-corrected chi connectivity index (χ0v) is 21.2. The van der Waals surface area contributed by atoms with E-state index in [0.29, 0.717) is 45.5 Å². The number of thioether (sulfide) groups is 1. The van der Waals surface area contributed by atoms with E-state index in [-0.39, 0.29) is 11.5 Å². The summed E-state index contributed by atoms with van der Waals surface area (Å²) >= 11 is 7.65. The van der Waals surface area contributed by atoms with Crippen LogP contribution in [0.4, 0.5) is 0 Å². The molecule has 4 aromatic rings. The van der Waals surface area contributed by atoms with Crippen molar-refractivity contribution in [2.75, 3.05) is 0 Å². The standard InChI is InChI=1S/C28H28ClN3O2S/c1-2-3-7-15-32-27(34)24-14-13-22(26(33)30-18-20-9-5-4-6-10-20)17-25(24)31-28(32)35-19-21-11-8-12-23(29)16-21/h4-6,8-14,16-17H,2-3,7,15,18-19H2,1H3,(H,30,33). The smallest absolute Gasteiger partial charge is 0.262 e. The average Bonchev–Trinajstić information content (AvgIpc) is 2.88. The van der Waals surface area contributed by atoms with E-state index in [2.05, 4.69) is 12.2 Å². The second kappa shape index (κ2) is 12.0. The molecule has 0 atom stereocenters. The predicted octanol–water partition coefficient (Wildman–Crippen LogP) is 6.46.